The summed E-state index contributed by atoms with van der Waals surface area (Å²) in [6, 6.07) is 0. The summed E-state index contributed by atoms with van der Waals surface area (Å²) < 4.78 is 1.36. The number of hydrogen-bond donors (Lipinski definition) is 0. The second kappa shape index (κ2) is 4.56. The van der Waals surface area contributed by atoms with Crippen LogP contribution in [0.2, 0.25) is 0 Å². The molecule has 0 bridgehead atoms. The number of rotatable bonds is 1. The van der Waals surface area contributed by atoms with E-state index in [9.17, 15) is 0 Å². The summed E-state index contributed by atoms with van der Waals surface area (Å²) in [7, 11) is 0. The number of thioether (sulfide) groups is 2. The van der Waals surface area contributed by atoms with Crippen LogP contribution in [0.3, 0.4) is 0 Å². The van der Waals surface area contributed by atoms with Crippen LogP contribution in [-0.4, -0.2) is 21.9 Å². The lowest BCUT2D eigenvalue weighted by Crippen LogP contribution is -2.09. The molecule has 0 saturated heterocycles. The maximum atomic E-state index is 4.47. The van der Waals surface area contributed by atoms with Gasteiger partial charge in [-0.15, -0.1) is 0 Å². The molecule has 0 radical (unpaired) electrons. The van der Waals surface area contributed by atoms with Gasteiger partial charge in [-0.2, -0.15) is 0 Å². The Morgan fingerprint density at radius 1 is 1.25 bits per heavy atom. The van der Waals surface area contributed by atoms with Gasteiger partial charge in [-0.3, -0.25) is 4.99 Å². The molecule has 0 aromatic carbocycles. The van der Waals surface area contributed by atoms with Crippen molar-refractivity contribution in [3.05, 3.63) is 0 Å². The van der Waals surface area contributed by atoms with Gasteiger partial charge in [0.15, 0.2) is 0 Å². The predicted octanol–water partition coefficient (Wildman–Crippen LogP) is 3.16. The summed E-state index contributed by atoms with van der Waals surface area (Å²) >= 11 is 3.99. The van der Waals surface area contributed by atoms with Crippen LogP contribution in [-0.2, 0) is 0 Å². The molecule has 0 N–H and O–H groups in total. The van der Waals surface area contributed by atoms with Gasteiger partial charge in [0.05, 0.1) is 6.54 Å². The van der Waals surface area contributed by atoms with Gasteiger partial charge in [0.2, 0.25) is 0 Å². The van der Waals surface area contributed by atoms with Crippen molar-refractivity contribution in [3.8, 4) is 0 Å². The maximum Gasteiger partial charge on any atom is 0.124 e. The van der Waals surface area contributed by atoms with E-state index in [1.165, 1.54) is 42.2 Å². The minimum atomic E-state index is 0.892. The first-order valence-electron chi connectivity index (χ1n) is 4.79. The highest BCUT2D eigenvalue weighted by Crippen LogP contribution is 2.33. The Bertz CT molecular complexity index is 173. The molecular weight excluding hydrogens is 186 g/mol. The fourth-order valence-corrected chi connectivity index (χ4v) is 4.20. The summed E-state index contributed by atoms with van der Waals surface area (Å²) in [6.07, 6.45) is 7.18. The van der Waals surface area contributed by atoms with E-state index >= 15 is 0 Å². The average Bonchev–Trinajstić information content (AvgIpc) is 2.59. The van der Waals surface area contributed by atoms with E-state index in [1.54, 1.807) is 0 Å². The first-order chi connectivity index (χ1) is 5.95. The first kappa shape index (κ1) is 8.95. The van der Waals surface area contributed by atoms with E-state index in [-0.39, 0.29) is 0 Å². The summed E-state index contributed by atoms with van der Waals surface area (Å²) in [4.78, 5) is 4.47. The Morgan fingerprint density at radius 3 is 2.75 bits per heavy atom. The van der Waals surface area contributed by atoms with Gasteiger partial charge >= 0.3 is 0 Å². The molecule has 2 aliphatic rings. The zero-order chi connectivity index (χ0) is 8.23. The van der Waals surface area contributed by atoms with Crippen LogP contribution in [0.5, 0.6) is 0 Å². The lowest BCUT2D eigenvalue weighted by Gasteiger charge is -2.20. The quantitative estimate of drug-likeness (QED) is 0.646. The molecule has 1 saturated carbocycles. The monoisotopic (exact) mass is 201 g/mol. The highest BCUT2D eigenvalue weighted by atomic mass is 32.2. The second-order valence-electron chi connectivity index (χ2n) is 3.37. The van der Waals surface area contributed by atoms with Crippen molar-refractivity contribution in [2.24, 2.45) is 4.99 Å². The van der Waals surface area contributed by atoms with E-state index in [0.29, 0.717) is 0 Å². The third-order valence-electron chi connectivity index (χ3n) is 2.38. The molecule has 1 fully saturated rings. The minimum Gasteiger partial charge on any atom is -0.271 e. The molecule has 1 nitrogen and oxygen atoms in total. The first-order valence-corrected chi connectivity index (χ1v) is 6.65. The van der Waals surface area contributed by atoms with Crippen LogP contribution in [0, 0.1) is 0 Å². The molecular formula is C9H15NS2. The molecule has 0 aromatic heterocycles. The van der Waals surface area contributed by atoms with E-state index in [4.69, 9.17) is 0 Å². The highest BCUT2D eigenvalue weighted by Gasteiger charge is 2.18. The van der Waals surface area contributed by atoms with E-state index in [2.05, 4.69) is 4.99 Å². The van der Waals surface area contributed by atoms with Gasteiger partial charge < -0.3 is 0 Å². The molecule has 3 heteroatoms. The summed E-state index contributed by atoms with van der Waals surface area (Å²) in [5.41, 5.74) is 0. The van der Waals surface area contributed by atoms with Crippen LogP contribution in [0.1, 0.15) is 32.1 Å². The number of aliphatic imine (C=N–C) groups is 1. The molecule has 0 spiro atoms. The summed E-state index contributed by atoms with van der Waals surface area (Å²) in [5, 5.41) is 0.892. The molecule has 1 aliphatic heterocycles. The van der Waals surface area contributed by atoms with Crippen molar-refractivity contribution in [1.82, 2.24) is 0 Å². The minimum absolute atomic E-state index is 0.892. The molecule has 12 heavy (non-hydrogen) atoms. The zero-order valence-electron chi connectivity index (χ0n) is 7.29. The second-order valence-corrected chi connectivity index (χ2v) is 6.01. The molecule has 68 valence electrons. The fraction of sp³-hybridized carbons (Fsp3) is 0.889. The van der Waals surface area contributed by atoms with Gasteiger partial charge in [0, 0.05) is 11.0 Å². The van der Waals surface area contributed by atoms with Crippen molar-refractivity contribution < 1.29 is 0 Å². The lowest BCUT2D eigenvalue weighted by molar-refractivity contribution is 0.517. The smallest absolute Gasteiger partial charge is 0.124 e. The SMILES string of the molecule is C1CCC(SC2=NCCS2)CC1. The molecule has 2 rings (SSSR count). The normalized spacial score (nSPS) is 25.8. The largest absolute Gasteiger partial charge is 0.271 e. The Hall–Kier alpha value is 0.370. The number of hydrogen-bond acceptors (Lipinski definition) is 3. The Kier molecular flexibility index (Phi) is 3.40. The highest BCUT2D eigenvalue weighted by molar-refractivity contribution is 8.39. The van der Waals surface area contributed by atoms with Crippen molar-refractivity contribution >= 4 is 27.9 Å². The molecule has 0 amide bonds. The summed E-state index contributed by atoms with van der Waals surface area (Å²) in [5.74, 6) is 1.22. The van der Waals surface area contributed by atoms with Gasteiger partial charge in [-0.1, -0.05) is 42.8 Å². The Balaban J connectivity index is 1.77. The lowest BCUT2D eigenvalue weighted by atomic mass is 10.0. The van der Waals surface area contributed by atoms with Crippen molar-refractivity contribution in [2.45, 2.75) is 37.4 Å². The average molecular weight is 201 g/mol. The fourth-order valence-electron chi connectivity index (χ4n) is 1.71. The van der Waals surface area contributed by atoms with Crippen LogP contribution in [0.4, 0.5) is 0 Å². The van der Waals surface area contributed by atoms with E-state index in [0.717, 1.165) is 11.8 Å². The zero-order valence-corrected chi connectivity index (χ0v) is 8.92. The van der Waals surface area contributed by atoms with Gasteiger partial charge in [-0.25, -0.2) is 0 Å². The third kappa shape index (κ3) is 2.43. The Labute approximate surface area is 82.8 Å². The van der Waals surface area contributed by atoms with Crippen LogP contribution in [0.25, 0.3) is 0 Å². The molecule has 0 unspecified atom stereocenters. The van der Waals surface area contributed by atoms with Gasteiger partial charge in [0.25, 0.3) is 0 Å². The topological polar surface area (TPSA) is 12.4 Å². The number of nitrogens with zero attached hydrogens (tertiary/aromatic N) is 1. The van der Waals surface area contributed by atoms with E-state index in [1.807, 2.05) is 23.5 Å². The van der Waals surface area contributed by atoms with Crippen LogP contribution in [0.15, 0.2) is 4.99 Å². The van der Waals surface area contributed by atoms with Crippen LogP contribution >= 0.6 is 23.5 Å². The molecule has 0 atom stereocenters. The third-order valence-corrected chi connectivity index (χ3v) is 4.92. The standard InChI is InChI=1S/C9H15NS2/c1-2-4-8(5-3-1)12-9-10-6-7-11-9/h8H,1-7H2. The maximum absolute atomic E-state index is 4.47. The van der Waals surface area contributed by atoms with Crippen molar-refractivity contribution in [2.75, 3.05) is 12.3 Å². The van der Waals surface area contributed by atoms with Crippen molar-refractivity contribution in [1.29, 1.82) is 0 Å². The van der Waals surface area contributed by atoms with Gasteiger partial charge in [0.1, 0.15) is 4.38 Å². The molecule has 1 heterocycles. The van der Waals surface area contributed by atoms with Crippen LogP contribution < -0.4 is 0 Å². The van der Waals surface area contributed by atoms with Crippen molar-refractivity contribution in [3.63, 3.8) is 0 Å². The van der Waals surface area contributed by atoms with E-state index < -0.39 is 0 Å². The van der Waals surface area contributed by atoms with Gasteiger partial charge in [-0.05, 0) is 12.8 Å². The molecule has 0 aromatic rings. The molecule has 1 aliphatic carbocycles. The predicted molar refractivity (Wildman–Crippen MR) is 59.2 cm³/mol. The summed E-state index contributed by atoms with van der Waals surface area (Å²) in [6.45, 7) is 1.06. The Morgan fingerprint density at radius 2 is 2.08 bits per heavy atom.